The van der Waals surface area contributed by atoms with E-state index in [2.05, 4.69) is 10.3 Å². The van der Waals surface area contributed by atoms with Crippen molar-refractivity contribution in [1.29, 1.82) is 0 Å². The number of aromatic nitrogens is 1. The standard InChI is InChI=1S/C19H21N3O5S/c1-12(23)13-8-15(20-9-13)19(26)27-11-18(25)22(2)10-17(24)21-14-6-4-5-7-16(14)28-3/h4-9,20H,10-11H2,1-3H3,(H,21,24). The average Bonchev–Trinajstić information content (AvgIpc) is 3.16. The van der Waals surface area contributed by atoms with E-state index in [1.807, 2.05) is 24.5 Å². The Morgan fingerprint density at radius 3 is 2.57 bits per heavy atom. The first kappa shape index (κ1) is 21.2. The maximum atomic E-state index is 12.2. The molecule has 2 N–H and O–H groups in total. The topological polar surface area (TPSA) is 109 Å². The lowest BCUT2D eigenvalue weighted by atomic mass is 10.2. The molecule has 9 heteroatoms. The van der Waals surface area contributed by atoms with Crippen LogP contribution in [0.2, 0.25) is 0 Å². The molecule has 8 nitrogen and oxygen atoms in total. The van der Waals surface area contributed by atoms with Gasteiger partial charge in [-0.1, -0.05) is 12.1 Å². The predicted molar refractivity (Wildman–Crippen MR) is 106 cm³/mol. The van der Waals surface area contributed by atoms with Crippen LogP contribution in [0.4, 0.5) is 5.69 Å². The first-order valence-electron chi connectivity index (χ1n) is 8.35. The third-order valence-corrected chi connectivity index (χ3v) is 4.62. The van der Waals surface area contributed by atoms with Crippen LogP contribution in [0, 0.1) is 0 Å². The lowest BCUT2D eigenvalue weighted by Gasteiger charge is -2.17. The van der Waals surface area contributed by atoms with Gasteiger partial charge in [-0.3, -0.25) is 14.4 Å². The summed E-state index contributed by atoms with van der Waals surface area (Å²) < 4.78 is 4.93. The summed E-state index contributed by atoms with van der Waals surface area (Å²) in [5.74, 6) is -1.84. The van der Waals surface area contributed by atoms with Crippen LogP contribution in [0.3, 0.4) is 0 Å². The van der Waals surface area contributed by atoms with Crippen molar-refractivity contribution in [2.75, 3.05) is 31.8 Å². The summed E-state index contributed by atoms with van der Waals surface area (Å²) >= 11 is 1.50. The maximum Gasteiger partial charge on any atom is 0.355 e. The fourth-order valence-corrected chi connectivity index (χ4v) is 2.83. The minimum Gasteiger partial charge on any atom is -0.451 e. The van der Waals surface area contributed by atoms with Crippen molar-refractivity contribution >= 4 is 41.0 Å². The van der Waals surface area contributed by atoms with Crippen LogP contribution in [0.1, 0.15) is 27.8 Å². The summed E-state index contributed by atoms with van der Waals surface area (Å²) in [5.41, 5.74) is 1.09. The largest absolute Gasteiger partial charge is 0.451 e. The zero-order valence-electron chi connectivity index (χ0n) is 15.8. The molecule has 1 aromatic carbocycles. The highest BCUT2D eigenvalue weighted by molar-refractivity contribution is 7.98. The van der Waals surface area contributed by atoms with Crippen LogP contribution in [0.5, 0.6) is 0 Å². The number of ether oxygens (including phenoxy) is 1. The van der Waals surface area contributed by atoms with E-state index < -0.39 is 18.5 Å². The number of anilines is 1. The Morgan fingerprint density at radius 1 is 1.21 bits per heavy atom. The number of thioether (sulfide) groups is 1. The fourth-order valence-electron chi connectivity index (χ4n) is 2.27. The number of benzene rings is 1. The SMILES string of the molecule is CSc1ccccc1NC(=O)CN(C)C(=O)COC(=O)c1cc(C(C)=O)c[nH]1. The van der Waals surface area contributed by atoms with E-state index in [1.54, 1.807) is 6.07 Å². The van der Waals surface area contributed by atoms with Crippen molar-refractivity contribution in [3.8, 4) is 0 Å². The third-order valence-electron chi connectivity index (χ3n) is 3.82. The molecule has 0 radical (unpaired) electrons. The second-order valence-electron chi connectivity index (χ2n) is 5.93. The number of carbonyl (C=O) groups excluding carboxylic acids is 4. The molecule has 2 amide bonds. The molecular formula is C19H21N3O5S. The van der Waals surface area contributed by atoms with E-state index in [0.717, 1.165) is 4.90 Å². The second kappa shape index (κ2) is 9.75. The molecule has 2 rings (SSSR count). The fraction of sp³-hybridized carbons (Fsp3) is 0.263. The smallest absolute Gasteiger partial charge is 0.355 e. The number of ketones is 1. The Balaban J connectivity index is 1.83. The highest BCUT2D eigenvalue weighted by Gasteiger charge is 2.18. The van der Waals surface area contributed by atoms with Crippen molar-refractivity contribution in [3.63, 3.8) is 0 Å². The Kier molecular flexibility index (Phi) is 7.39. The van der Waals surface area contributed by atoms with E-state index in [0.29, 0.717) is 11.3 Å². The lowest BCUT2D eigenvalue weighted by molar-refractivity contribution is -0.136. The number of amides is 2. The van der Waals surface area contributed by atoms with Crippen LogP contribution in [0.25, 0.3) is 0 Å². The number of nitrogens with zero attached hydrogens (tertiary/aromatic N) is 1. The summed E-state index contributed by atoms with van der Waals surface area (Å²) in [6, 6.07) is 8.69. The lowest BCUT2D eigenvalue weighted by Crippen LogP contribution is -2.37. The molecule has 0 atom stereocenters. The number of para-hydroxylation sites is 1. The molecule has 2 aromatic rings. The first-order valence-corrected chi connectivity index (χ1v) is 9.57. The molecule has 0 aliphatic carbocycles. The van der Waals surface area contributed by atoms with Crippen molar-refractivity contribution in [3.05, 3.63) is 47.8 Å². The molecule has 0 aliphatic heterocycles. The monoisotopic (exact) mass is 403 g/mol. The molecule has 0 unspecified atom stereocenters. The number of rotatable bonds is 8. The van der Waals surface area contributed by atoms with Crippen LogP contribution < -0.4 is 5.32 Å². The molecule has 1 heterocycles. The van der Waals surface area contributed by atoms with Gasteiger partial charge in [0.2, 0.25) is 5.91 Å². The molecule has 0 spiro atoms. The van der Waals surface area contributed by atoms with E-state index in [4.69, 9.17) is 4.74 Å². The number of hydrogen-bond donors (Lipinski definition) is 2. The molecule has 0 aliphatic rings. The molecule has 0 saturated heterocycles. The molecular weight excluding hydrogens is 382 g/mol. The van der Waals surface area contributed by atoms with Crippen LogP contribution in [-0.2, 0) is 14.3 Å². The normalized spacial score (nSPS) is 10.2. The van der Waals surface area contributed by atoms with Crippen LogP contribution >= 0.6 is 11.8 Å². The number of likely N-dealkylation sites (N-methyl/N-ethyl adjacent to an activating group) is 1. The highest BCUT2D eigenvalue weighted by atomic mass is 32.2. The summed E-state index contributed by atoms with van der Waals surface area (Å²) in [6.45, 7) is 0.675. The third kappa shape index (κ3) is 5.71. The number of nitrogens with one attached hydrogen (secondary N) is 2. The summed E-state index contributed by atoms with van der Waals surface area (Å²) in [7, 11) is 1.44. The number of esters is 1. The minimum absolute atomic E-state index is 0.0760. The van der Waals surface area contributed by atoms with Gasteiger partial charge < -0.3 is 19.9 Å². The highest BCUT2D eigenvalue weighted by Crippen LogP contribution is 2.24. The van der Waals surface area contributed by atoms with Gasteiger partial charge in [0.15, 0.2) is 12.4 Å². The molecule has 0 fully saturated rings. The van der Waals surface area contributed by atoms with Crippen molar-refractivity contribution in [2.24, 2.45) is 0 Å². The van der Waals surface area contributed by atoms with E-state index >= 15 is 0 Å². The molecule has 0 saturated carbocycles. The van der Waals surface area contributed by atoms with E-state index in [1.165, 1.54) is 42.9 Å². The van der Waals surface area contributed by atoms with Crippen molar-refractivity contribution < 1.29 is 23.9 Å². The van der Waals surface area contributed by atoms with E-state index in [-0.39, 0.29) is 23.9 Å². The van der Waals surface area contributed by atoms with Gasteiger partial charge in [0, 0.05) is 23.7 Å². The van der Waals surface area contributed by atoms with Gasteiger partial charge in [-0.2, -0.15) is 0 Å². The Labute approximate surface area is 166 Å². The van der Waals surface area contributed by atoms with Crippen LogP contribution in [-0.4, -0.2) is 59.9 Å². The summed E-state index contributed by atoms with van der Waals surface area (Å²) in [5, 5.41) is 2.75. The number of hydrogen-bond acceptors (Lipinski definition) is 6. The zero-order valence-corrected chi connectivity index (χ0v) is 16.6. The molecule has 28 heavy (non-hydrogen) atoms. The average molecular weight is 403 g/mol. The number of Topliss-reactive ketones (excluding diaryl/α,β-unsaturated/α-hetero) is 1. The Hall–Kier alpha value is -3.07. The Bertz CT molecular complexity index is 893. The quantitative estimate of drug-likeness (QED) is 0.397. The molecule has 0 bridgehead atoms. The summed E-state index contributed by atoms with van der Waals surface area (Å²) in [4.78, 5) is 52.1. The van der Waals surface area contributed by atoms with Gasteiger partial charge in [-0.05, 0) is 31.4 Å². The number of H-pyrrole nitrogens is 1. The van der Waals surface area contributed by atoms with Gasteiger partial charge >= 0.3 is 5.97 Å². The maximum absolute atomic E-state index is 12.2. The van der Waals surface area contributed by atoms with Gasteiger partial charge in [-0.25, -0.2) is 4.79 Å². The van der Waals surface area contributed by atoms with Gasteiger partial charge in [0.25, 0.3) is 5.91 Å². The predicted octanol–water partition coefficient (Wildman–Crippen LogP) is 2.19. The van der Waals surface area contributed by atoms with Crippen LogP contribution in [0.15, 0.2) is 41.4 Å². The van der Waals surface area contributed by atoms with Gasteiger partial charge in [-0.15, -0.1) is 11.8 Å². The molecule has 148 valence electrons. The van der Waals surface area contributed by atoms with Gasteiger partial charge in [0.1, 0.15) is 5.69 Å². The molecule has 1 aromatic heterocycles. The van der Waals surface area contributed by atoms with E-state index in [9.17, 15) is 19.2 Å². The van der Waals surface area contributed by atoms with Crippen molar-refractivity contribution in [1.82, 2.24) is 9.88 Å². The van der Waals surface area contributed by atoms with Gasteiger partial charge in [0.05, 0.1) is 12.2 Å². The minimum atomic E-state index is -0.757. The zero-order chi connectivity index (χ0) is 20.7. The number of aromatic amines is 1. The summed E-state index contributed by atoms with van der Waals surface area (Å²) in [6.07, 6.45) is 3.29. The first-order chi connectivity index (χ1) is 13.3. The Morgan fingerprint density at radius 2 is 1.93 bits per heavy atom. The van der Waals surface area contributed by atoms with Crippen molar-refractivity contribution in [2.45, 2.75) is 11.8 Å². The number of carbonyl (C=O) groups is 4. The second-order valence-corrected chi connectivity index (χ2v) is 6.78.